The van der Waals surface area contributed by atoms with Gasteiger partial charge < -0.3 is 9.88 Å². The molecule has 2 atom stereocenters. The highest BCUT2D eigenvalue weighted by Crippen LogP contribution is 2.32. The van der Waals surface area contributed by atoms with Crippen LogP contribution in [0.1, 0.15) is 43.6 Å². The number of nitrogens with one attached hydrogen (secondary N) is 1. The van der Waals surface area contributed by atoms with Gasteiger partial charge in [-0.1, -0.05) is 12.1 Å². The van der Waals surface area contributed by atoms with E-state index in [9.17, 15) is 9.18 Å². The van der Waals surface area contributed by atoms with E-state index in [1.165, 1.54) is 6.07 Å². The number of aromatic nitrogens is 2. The maximum Gasteiger partial charge on any atom is 0.236 e. The largest absolute Gasteiger partial charge is 0.340 e. The molecule has 2 unspecified atom stereocenters. The second-order valence-corrected chi connectivity index (χ2v) is 7.75. The number of aryl methyl sites for hydroxylation is 1. The number of imidazole rings is 1. The lowest BCUT2D eigenvalue weighted by molar-refractivity contribution is -0.134. The van der Waals surface area contributed by atoms with Gasteiger partial charge in [0.05, 0.1) is 23.2 Å². The minimum absolute atomic E-state index is 0.0279. The van der Waals surface area contributed by atoms with E-state index in [2.05, 4.69) is 9.97 Å². The molecule has 1 saturated heterocycles. The van der Waals surface area contributed by atoms with E-state index in [1.807, 2.05) is 24.1 Å². The average Bonchev–Trinajstić information content (AvgIpc) is 3.12. The molecule has 6 heteroatoms. The summed E-state index contributed by atoms with van der Waals surface area (Å²) < 4.78 is 13.8. The Morgan fingerprint density at radius 3 is 2.96 bits per heavy atom. The van der Waals surface area contributed by atoms with Crippen LogP contribution < -0.4 is 0 Å². The lowest BCUT2D eigenvalue weighted by atomic mass is 10.0. The molecule has 25 heavy (non-hydrogen) atoms. The Morgan fingerprint density at radius 2 is 2.24 bits per heavy atom. The van der Waals surface area contributed by atoms with Crippen LogP contribution in [0.5, 0.6) is 0 Å². The van der Waals surface area contributed by atoms with Gasteiger partial charge in [0, 0.05) is 12.1 Å². The predicted molar refractivity (Wildman–Crippen MR) is 100 cm³/mol. The molecule has 0 bridgehead atoms. The minimum Gasteiger partial charge on any atom is -0.340 e. The molecule has 2 heterocycles. The van der Waals surface area contributed by atoms with Crippen LogP contribution in [0.15, 0.2) is 24.4 Å². The van der Waals surface area contributed by atoms with Crippen LogP contribution in [0, 0.1) is 12.7 Å². The Kier molecular flexibility index (Phi) is 5.47. The fourth-order valence-electron chi connectivity index (χ4n) is 3.23. The number of thioether (sulfide) groups is 1. The highest BCUT2D eigenvalue weighted by atomic mass is 32.2. The number of H-pyrrole nitrogens is 1. The Bertz CT molecular complexity index is 761. The van der Waals surface area contributed by atoms with E-state index in [0.29, 0.717) is 5.56 Å². The molecular weight excluding hydrogens is 337 g/mol. The molecule has 1 amide bonds. The summed E-state index contributed by atoms with van der Waals surface area (Å²) in [5, 5.41) is -0.0544. The standard InChI is InChI=1S/C19H24FN3OS/c1-12-7-8-14(10-15(12)20)16-11-21-18(22-16)17-6-4-5-9-23(17)19(24)13(2)25-3/h7-8,10-11,13,17H,4-6,9H2,1-3H3,(H,21,22). The van der Waals surface area contributed by atoms with Gasteiger partial charge >= 0.3 is 0 Å². The zero-order chi connectivity index (χ0) is 18.0. The maximum atomic E-state index is 13.8. The number of carbonyl (C=O) groups excluding carboxylic acids is 1. The van der Waals surface area contributed by atoms with Gasteiger partial charge in [-0.15, -0.1) is 0 Å². The molecule has 4 nitrogen and oxygen atoms in total. The molecule has 1 aromatic heterocycles. The normalized spacial score (nSPS) is 19.0. The van der Waals surface area contributed by atoms with Crippen LogP contribution in [0.4, 0.5) is 4.39 Å². The van der Waals surface area contributed by atoms with Crippen molar-refractivity contribution in [2.24, 2.45) is 0 Å². The first-order chi connectivity index (χ1) is 12.0. The van der Waals surface area contributed by atoms with Gasteiger partial charge in [-0.25, -0.2) is 9.37 Å². The fraction of sp³-hybridized carbons (Fsp3) is 0.474. The third kappa shape index (κ3) is 3.73. The predicted octanol–water partition coefficient (Wildman–Crippen LogP) is 4.33. The molecule has 1 aromatic carbocycles. The summed E-state index contributed by atoms with van der Waals surface area (Å²) >= 11 is 1.57. The van der Waals surface area contributed by atoms with Gasteiger partial charge in [0.15, 0.2) is 0 Å². The average molecular weight is 361 g/mol. The molecule has 3 rings (SSSR count). The van der Waals surface area contributed by atoms with Crippen molar-refractivity contribution in [3.8, 4) is 11.3 Å². The highest BCUT2D eigenvalue weighted by molar-refractivity contribution is 7.99. The number of likely N-dealkylation sites (tertiary alicyclic amines) is 1. The van der Waals surface area contributed by atoms with Crippen LogP contribution >= 0.6 is 11.8 Å². The lowest BCUT2D eigenvalue weighted by Crippen LogP contribution is -2.42. The summed E-state index contributed by atoms with van der Waals surface area (Å²) in [6.45, 7) is 4.46. The first-order valence-corrected chi connectivity index (χ1v) is 9.94. The monoisotopic (exact) mass is 361 g/mol. The first kappa shape index (κ1) is 18.0. The van der Waals surface area contributed by atoms with E-state index in [4.69, 9.17) is 0 Å². The molecule has 134 valence electrons. The third-order valence-electron chi connectivity index (χ3n) is 4.88. The number of benzene rings is 1. The first-order valence-electron chi connectivity index (χ1n) is 8.66. The van der Waals surface area contributed by atoms with Crippen molar-refractivity contribution in [2.75, 3.05) is 12.8 Å². The van der Waals surface area contributed by atoms with Crippen LogP contribution in [0.3, 0.4) is 0 Å². The molecule has 1 aliphatic heterocycles. The second kappa shape index (κ2) is 7.60. The Hall–Kier alpha value is -1.82. The van der Waals surface area contributed by atoms with E-state index in [-0.39, 0.29) is 23.0 Å². The van der Waals surface area contributed by atoms with Crippen LogP contribution in [0.25, 0.3) is 11.3 Å². The van der Waals surface area contributed by atoms with Crippen molar-refractivity contribution in [3.63, 3.8) is 0 Å². The lowest BCUT2D eigenvalue weighted by Gasteiger charge is -2.36. The molecule has 0 radical (unpaired) electrons. The maximum absolute atomic E-state index is 13.8. The number of nitrogens with zero attached hydrogens (tertiary/aromatic N) is 2. The van der Waals surface area contributed by atoms with Gasteiger partial charge in [-0.3, -0.25) is 4.79 Å². The third-order valence-corrected chi connectivity index (χ3v) is 5.79. The van der Waals surface area contributed by atoms with Crippen molar-refractivity contribution >= 4 is 17.7 Å². The fourth-order valence-corrected chi connectivity index (χ4v) is 3.56. The van der Waals surface area contributed by atoms with Crippen LogP contribution in [-0.4, -0.2) is 38.8 Å². The van der Waals surface area contributed by atoms with Gasteiger partial charge in [0.1, 0.15) is 11.6 Å². The van der Waals surface area contributed by atoms with Crippen molar-refractivity contribution in [1.29, 1.82) is 0 Å². The van der Waals surface area contributed by atoms with Gasteiger partial charge in [-0.2, -0.15) is 11.8 Å². The second-order valence-electron chi connectivity index (χ2n) is 6.57. The Morgan fingerprint density at radius 1 is 1.44 bits per heavy atom. The molecule has 0 spiro atoms. The molecule has 1 N–H and O–H groups in total. The molecule has 1 fully saturated rings. The van der Waals surface area contributed by atoms with Crippen molar-refractivity contribution < 1.29 is 9.18 Å². The number of amides is 1. The number of hydrogen-bond acceptors (Lipinski definition) is 3. The molecular formula is C19H24FN3OS. The number of carbonyl (C=O) groups is 1. The van der Waals surface area contributed by atoms with E-state index >= 15 is 0 Å². The zero-order valence-corrected chi connectivity index (χ0v) is 15.7. The molecule has 0 aliphatic carbocycles. The number of piperidine rings is 1. The van der Waals surface area contributed by atoms with Crippen LogP contribution in [-0.2, 0) is 4.79 Å². The summed E-state index contributed by atoms with van der Waals surface area (Å²) in [5.74, 6) is 0.728. The quantitative estimate of drug-likeness (QED) is 0.882. The van der Waals surface area contributed by atoms with Gasteiger partial charge in [-0.05, 0) is 51.0 Å². The Labute approximate surface area is 152 Å². The van der Waals surface area contributed by atoms with E-state index in [1.54, 1.807) is 30.9 Å². The summed E-state index contributed by atoms with van der Waals surface area (Å²) in [7, 11) is 0. The smallest absolute Gasteiger partial charge is 0.236 e. The van der Waals surface area contributed by atoms with Crippen molar-refractivity contribution in [1.82, 2.24) is 14.9 Å². The summed E-state index contributed by atoms with van der Waals surface area (Å²) in [6.07, 6.45) is 6.70. The number of aromatic amines is 1. The minimum atomic E-state index is -0.225. The van der Waals surface area contributed by atoms with Gasteiger partial charge in [0.25, 0.3) is 0 Å². The molecule has 2 aromatic rings. The number of rotatable bonds is 4. The molecule has 0 saturated carbocycles. The topological polar surface area (TPSA) is 49.0 Å². The number of halogens is 1. The van der Waals surface area contributed by atoms with Crippen molar-refractivity contribution in [3.05, 3.63) is 41.6 Å². The highest BCUT2D eigenvalue weighted by Gasteiger charge is 2.32. The summed E-state index contributed by atoms with van der Waals surface area (Å²) in [6, 6.07) is 5.14. The summed E-state index contributed by atoms with van der Waals surface area (Å²) in [4.78, 5) is 22.4. The zero-order valence-electron chi connectivity index (χ0n) is 14.9. The van der Waals surface area contributed by atoms with Crippen LogP contribution in [0.2, 0.25) is 0 Å². The van der Waals surface area contributed by atoms with E-state index < -0.39 is 0 Å². The SMILES string of the molecule is CSC(C)C(=O)N1CCCCC1c1ncc(-c2ccc(C)c(F)c2)[nH]1. The van der Waals surface area contributed by atoms with Crippen molar-refractivity contribution in [2.45, 2.75) is 44.4 Å². The van der Waals surface area contributed by atoms with Gasteiger partial charge in [0.2, 0.25) is 5.91 Å². The molecule has 1 aliphatic rings. The number of hydrogen-bond donors (Lipinski definition) is 1. The Balaban J connectivity index is 1.86. The summed E-state index contributed by atoms with van der Waals surface area (Å²) in [5.41, 5.74) is 2.18. The van der Waals surface area contributed by atoms with E-state index in [0.717, 1.165) is 42.9 Å².